The summed E-state index contributed by atoms with van der Waals surface area (Å²) in [6.45, 7) is 1.94. The van der Waals surface area contributed by atoms with Crippen LogP contribution in [0, 0.1) is 6.92 Å². The van der Waals surface area contributed by atoms with E-state index in [1.54, 1.807) is 6.92 Å². The molecule has 2 atom stereocenters. The number of urea groups is 1. The summed E-state index contributed by atoms with van der Waals surface area (Å²) in [6, 6.07) is -1.45. The van der Waals surface area contributed by atoms with Gasteiger partial charge in [-0.15, -0.1) is 0 Å². The number of hydrogen-bond acceptors (Lipinski definition) is 5. The Morgan fingerprint density at radius 3 is 2.80 bits per heavy atom. The Morgan fingerprint density at radius 1 is 1.55 bits per heavy atom. The zero-order chi connectivity index (χ0) is 14.9. The van der Waals surface area contributed by atoms with Gasteiger partial charge in [-0.3, -0.25) is 5.10 Å². The van der Waals surface area contributed by atoms with Gasteiger partial charge in [-0.2, -0.15) is 5.10 Å². The zero-order valence-corrected chi connectivity index (χ0v) is 11.3. The minimum atomic E-state index is -1.11. The smallest absolute Gasteiger partial charge is 0.326 e. The number of aliphatic hydroxyl groups excluding tert-OH is 1. The Labute approximate surface area is 115 Å². The lowest BCUT2D eigenvalue weighted by molar-refractivity contribution is -0.141. The molecule has 1 aliphatic rings. The van der Waals surface area contributed by atoms with Crippen LogP contribution in [-0.2, 0) is 11.3 Å². The Bertz CT molecular complexity index is 517. The highest BCUT2D eigenvalue weighted by molar-refractivity contribution is 5.83. The molecule has 2 amide bonds. The Hall–Kier alpha value is -2.16. The van der Waals surface area contributed by atoms with Crippen LogP contribution in [-0.4, -0.2) is 72.9 Å². The summed E-state index contributed by atoms with van der Waals surface area (Å²) < 4.78 is 0. The summed E-state index contributed by atoms with van der Waals surface area (Å²) in [6.07, 6.45) is -0.756. The number of hydrogen-bond donors (Lipinski definition) is 3. The van der Waals surface area contributed by atoms with E-state index >= 15 is 0 Å². The summed E-state index contributed by atoms with van der Waals surface area (Å²) in [7, 11) is 1.54. The molecule has 9 heteroatoms. The average molecular weight is 283 g/mol. The number of aryl methyl sites for hydroxylation is 1. The Balaban J connectivity index is 2.04. The first-order valence-electron chi connectivity index (χ1n) is 6.19. The molecular formula is C11H17N5O4. The van der Waals surface area contributed by atoms with E-state index in [1.807, 2.05) is 0 Å². The third-order valence-corrected chi connectivity index (χ3v) is 3.16. The average Bonchev–Trinajstić information content (AvgIpc) is 2.94. The fourth-order valence-electron chi connectivity index (χ4n) is 2.22. The van der Waals surface area contributed by atoms with E-state index in [9.17, 15) is 14.7 Å². The number of carboxylic acid groups (broad SMARTS) is 1. The van der Waals surface area contributed by atoms with Crippen molar-refractivity contribution in [1.29, 1.82) is 0 Å². The van der Waals surface area contributed by atoms with Crippen LogP contribution in [0.4, 0.5) is 4.79 Å². The van der Waals surface area contributed by atoms with Crippen molar-refractivity contribution >= 4 is 12.0 Å². The number of nitrogens with one attached hydrogen (secondary N) is 1. The lowest BCUT2D eigenvalue weighted by Crippen LogP contribution is -2.46. The minimum Gasteiger partial charge on any atom is -0.480 e. The fraction of sp³-hybridized carbons (Fsp3) is 0.636. The molecule has 1 aromatic heterocycles. The molecule has 110 valence electrons. The van der Waals surface area contributed by atoms with Gasteiger partial charge in [-0.25, -0.2) is 14.6 Å². The molecule has 1 fully saturated rings. The molecule has 3 N–H and O–H groups in total. The normalized spacial score (nSPS) is 22.1. The molecule has 1 aromatic rings. The summed E-state index contributed by atoms with van der Waals surface area (Å²) in [5.41, 5.74) is 0. The second-order valence-corrected chi connectivity index (χ2v) is 4.87. The zero-order valence-electron chi connectivity index (χ0n) is 11.3. The van der Waals surface area contributed by atoms with Gasteiger partial charge in [0.25, 0.3) is 0 Å². The van der Waals surface area contributed by atoms with Crippen molar-refractivity contribution in [2.45, 2.75) is 32.0 Å². The van der Waals surface area contributed by atoms with Crippen LogP contribution in [0.2, 0.25) is 0 Å². The maximum atomic E-state index is 12.2. The van der Waals surface area contributed by atoms with Crippen molar-refractivity contribution in [3.8, 4) is 0 Å². The highest BCUT2D eigenvalue weighted by Crippen LogP contribution is 2.20. The van der Waals surface area contributed by atoms with E-state index < -0.39 is 24.1 Å². The van der Waals surface area contributed by atoms with Gasteiger partial charge in [0.1, 0.15) is 11.9 Å². The maximum absolute atomic E-state index is 12.2. The van der Waals surface area contributed by atoms with Gasteiger partial charge in [0, 0.05) is 20.0 Å². The first kappa shape index (κ1) is 14.3. The minimum absolute atomic E-state index is 0.0210. The highest BCUT2D eigenvalue weighted by atomic mass is 16.4. The van der Waals surface area contributed by atoms with E-state index in [0.717, 1.165) is 4.90 Å². The lowest BCUT2D eigenvalue weighted by Gasteiger charge is -2.26. The first-order valence-corrected chi connectivity index (χ1v) is 6.19. The van der Waals surface area contributed by atoms with E-state index in [-0.39, 0.29) is 19.5 Å². The van der Waals surface area contributed by atoms with Crippen LogP contribution < -0.4 is 0 Å². The van der Waals surface area contributed by atoms with Crippen LogP contribution in [0.5, 0.6) is 0 Å². The molecule has 9 nitrogen and oxygen atoms in total. The number of rotatable bonds is 3. The fourth-order valence-corrected chi connectivity index (χ4v) is 2.22. The van der Waals surface area contributed by atoms with Crippen LogP contribution in [0.25, 0.3) is 0 Å². The maximum Gasteiger partial charge on any atom is 0.326 e. The van der Waals surface area contributed by atoms with Crippen LogP contribution in [0.15, 0.2) is 0 Å². The Kier molecular flexibility index (Phi) is 3.89. The topological polar surface area (TPSA) is 123 Å². The van der Waals surface area contributed by atoms with Gasteiger partial charge in [-0.1, -0.05) is 0 Å². The van der Waals surface area contributed by atoms with Gasteiger partial charge in [0.2, 0.25) is 0 Å². The molecule has 1 unspecified atom stereocenters. The van der Waals surface area contributed by atoms with E-state index in [0.29, 0.717) is 11.6 Å². The van der Waals surface area contributed by atoms with Crippen LogP contribution in [0.3, 0.4) is 0 Å². The second-order valence-electron chi connectivity index (χ2n) is 4.87. The summed E-state index contributed by atoms with van der Waals surface area (Å²) in [5, 5.41) is 25.2. The molecule has 0 radical (unpaired) electrons. The SMILES string of the molecule is Cc1nc(CN(C)C(=O)N2CC(O)C[C@H]2C(=O)O)n[nH]1. The third kappa shape index (κ3) is 2.87. The van der Waals surface area contributed by atoms with Gasteiger partial charge in [-0.05, 0) is 6.92 Å². The lowest BCUT2D eigenvalue weighted by atomic mass is 10.2. The number of aliphatic hydroxyl groups is 1. The molecule has 0 bridgehead atoms. The third-order valence-electron chi connectivity index (χ3n) is 3.16. The number of nitrogens with zero attached hydrogens (tertiary/aromatic N) is 4. The largest absolute Gasteiger partial charge is 0.480 e. The van der Waals surface area contributed by atoms with Crippen LogP contribution >= 0.6 is 0 Å². The van der Waals surface area contributed by atoms with Crippen molar-refractivity contribution in [2.75, 3.05) is 13.6 Å². The van der Waals surface area contributed by atoms with E-state index in [1.165, 1.54) is 11.9 Å². The van der Waals surface area contributed by atoms with Gasteiger partial charge >= 0.3 is 12.0 Å². The number of likely N-dealkylation sites (tertiary alicyclic amines) is 1. The Morgan fingerprint density at radius 2 is 2.25 bits per heavy atom. The number of carboxylic acids is 1. The predicted molar refractivity (Wildman–Crippen MR) is 66.7 cm³/mol. The number of H-pyrrole nitrogens is 1. The molecule has 0 spiro atoms. The van der Waals surface area contributed by atoms with Crippen molar-refractivity contribution in [3.63, 3.8) is 0 Å². The standard InChI is InChI=1S/C11H17N5O4/c1-6-12-9(14-13-6)5-15(2)11(20)16-4-7(17)3-8(16)10(18)19/h7-8,17H,3-5H2,1-2H3,(H,18,19)(H,12,13,14)/t7?,8-/m0/s1. The molecule has 0 aliphatic carbocycles. The molecule has 1 aliphatic heterocycles. The quantitative estimate of drug-likeness (QED) is 0.666. The van der Waals surface area contributed by atoms with Crippen molar-refractivity contribution in [1.82, 2.24) is 25.0 Å². The number of amides is 2. The summed E-state index contributed by atoms with van der Waals surface area (Å²) in [4.78, 5) is 29.9. The highest BCUT2D eigenvalue weighted by Gasteiger charge is 2.40. The van der Waals surface area contributed by atoms with Crippen LogP contribution in [0.1, 0.15) is 18.1 Å². The summed E-state index contributed by atoms with van der Waals surface area (Å²) in [5.74, 6) is -0.0251. The number of aromatic amines is 1. The van der Waals surface area contributed by atoms with Gasteiger partial charge in [0.15, 0.2) is 5.82 Å². The van der Waals surface area contributed by atoms with E-state index in [4.69, 9.17) is 5.11 Å². The first-order chi connectivity index (χ1) is 9.38. The van der Waals surface area contributed by atoms with E-state index in [2.05, 4.69) is 15.2 Å². The number of carbonyl (C=O) groups excluding carboxylic acids is 1. The molecule has 20 heavy (non-hydrogen) atoms. The molecule has 0 saturated carbocycles. The number of aromatic nitrogens is 3. The van der Waals surface area contributed by atoms with Crippen molar-refractivity contribution in [3.05, 3.63) is 11.6 Å². The monoisotopic (exact) mass is 283 g/mol. The molecule has 2 rings (SSSR count). The van der Waals surface area contributed by atoms with Gasteiger partial charge in [0.05, 0.1) is 12.6 Å². The van der Waals surface area contributed by atoms with Gasteiger partial charge < -0.3 is 20.0 Å². The van der Waals surface area contributed by atoms with Crippen molar-refractivity contribution in [2.24, 2.45) is 0 Å². The molecule has 2 heterocycles. The summed E-state index contributed by atoms with van der Waals surface area (Å²) >= 11 is 0. The number of aliphatic carboxylic acids is 1. The molecular weight excluding hydrogens is 266 g/mol. The number of carbonyl (C=O) groups is 2. The van der Waals surface area contributed by atoms with Crippen molar-refractivity contribution < 1.29 is 19.8 Å². The molecule has 1 saturated heterocycles. The molecule has 0 aromatic carbocycles. The second kappa shape index (κ2) is 5.45. The predicted octanol–water partition coefficient (Wildman–Crippen LogP) is -0.815. The number of β-amino-alcohol motifs (C(OH)–C–C–N with tert-alkyl or cyclic N) is 1.